The van der Waals surface area contributed by atoms with E-state index in [9.17, 15) is 38.9 Å². The lowest BCUT2D eigenvalue weighted by molar-refractivity contribution is 0.122. The molecule has 1 aliphatic heterocycles. The lowest BCUT2D eigenvalue weighted by atomic mass is 10.1. The monoisotopic (exact) mass is 1100 g/mol. The van der Waals surface area contributed by atoms with E-state index in [1.54, 1.807) is 48.5 Å². The predicted molar refractivity (Wildman–Crippen MR) is 288 cm³/mol. The van der Waals surface area contributed by atoms with Gasteiger partial charge in [-0.1, -0.05) is 54.6 Å². The Balaban J connectivity index is 0.854. The normalized spacial score (nSPS) is 13.8. The second-order valence-corrected chi connectivity index (χ2v) is 21.7. The van der Waals surface area contributed by atoms with Gasteiger partial charge in [0, 0.05) is 47.5 Å². The van der Waals surface area contributed by atoms with Gasteiger partial charge in [0.15, 0.2) is 0 Å². The first-order valence-electron chi connectivity index (χ1n) is 23.6. The fourth-order valence-electron chi connectivity index (χ4n) is 8.13. The quantitative estimate of drug-likeness (QED) is 0.0598. The number of ether oxygens (including phenoxy) is 1. The van der Waals surface area contributed by atoms with Crippen molar-refractivity contribution < 1.29 is 43.6 Å². The van der Waals surface area contributed by atoms with Gasteiger partial charge in [0.1, 0.15) is 11.6 Å². The number of hydrogen-bond acceptors (Lipinski definition) is 19. The number of nitrogens with zero attached hydrogens (tertiary/aromatic N) is 12. The summed E-state index contributed by atoms with van der Waals surface area (Å²) in [5, 5.41) is 36.5. The van der Waals surface area contributed by atoms with Gasteiger partial charge in [-0.2, -0.15) is 55.7 Å². The Morgan fingerprint density at radius 3 is 1.15 bits per heavy atom. The van der Waals surface area contributed by atoms with Crippen LogP contribution in [0.4, 0.5) is 51.4 Å². The minimum atomic E-state index is -4.60. The molecule has 1 aromatic heterocycles. The Morgan fingerprint density at radius 1 is 0.397 bits per heavy atom. The summed E-state index contributed by atoms with van der Waals surface area (Å²) in [7, 11) is -13.5. The third-order valence-corrected chi connectivity index (χ3v) is 14.6. The van der Waals surface area contributed by atoms with Crippen LogP contribution in [0, 0.1) is 0 Å². The fourth-order valence-corrected chi connectivity index (χ4v) is 9.63. The molecule has 0 atom stereocenters. The molecule has 3 N–H and O–H groups in total. The molecule has 1 fully saturated rings. The molecule has 0 saturated carbocycles. The summed E-state index contributed by atoms with van der Waals surface area (Å²) in [6.45, 7) is 2.28. The second-order valence-electron chi connectivity index (χ2n) is 17.4. The lowest BCUT2D eigenvalue weighted by Gasteiger charge is -2.27. The molecule has 8 aromatic carbocycles. The van der Waals surface area contributed by atoms with E-state index in [1.165, 1.54) is 48.5 Å². The number of fused-ring (bicyclic) bond motifs is 2. The average Bonchev–Trinajstić information content (AvgIpc) is 3.50. The number of rotatable bonds is 16. The number of aromatic nitrogens is 3. The summed E-state index contributed by atoms with van der Waals surface area (Å²) < 4.78 is 106. The van der Waals surface area contributed by atoms with Gasteiger partial charge < -0.3 is 9.64 Å². The molecule has 0 radical (unpaired) electrons. The number of hydrogen-bond donors (Lipinski definition) is 3. The molecule has 0 spiro atoms. The Labute approximate surface area is 446 Å². The van der Waals surface area contributed by atoms with E-state index in [4.69, 9.17) is 19.7 Å². The first-order valence-corrected chi connectivity index (χ1v) is 27.9. The van der Waals surface area contributed by atoms with E-state index in [2.05, 4.69) is 45.8 Å². The van der Waals surface area contributed by atoms with E-state index in [1.807, 2.05) is 54.6 Å². The molecular weight excluding hydrogens is 1060 g/mol. The molecule has 10 rings (SSSR count). The first-order chi connectivity index (χ1) is 37.5. The largest absolute Gasteiger partial charge is 0.378 e. The summed E-state index contributed by atoms with van der Waals surface area (Å²) in [5.41, 5.74) is 5.09. The van der Waals surface area contributed by atoms with Crippen LogP contribution in [0.25, 0.3) is 21.5 Å². The molecule has 78 heavy (non-hydrogen) atoms. The smallest absolute Gasteiger partial charge is 0.294 e. The van der Waals surface area contributed by atoms with Crippen LogP contribution in [-0.2, 0) is 47.9 Å². The van der Waals surface area contributed by atoms with Gasteiger partial charge in [-0.25, -0.2) is 4.98 Å². The van der Waals surface area contributed by atoms with Crippen molar-refractivity contribution in [2.45, 2.75) is 27.5 Å². The van der Waals surface area contributed by atoms with E-state index >= 15 is 0 Å². The maximum Gasteiger partial charge on any atom is 0.294 e. The molecule has 0 amide bonds. The molecule has 392 valence electrons. The van der Waals surface area contributed by atoms with E-state index in [0.717, 1.165) is 23.3 Å². The van der Waals surface area contributed by atoms with Crippen molar-refractivity contribution in [3.63, 3.8) is 0 Å². The van der Waals surface area contributed by atoms with Gasteiger partial charge in [-0.3, -0.25) is 13.7 Å². The predicted octanol–water partition coefficient (Wildman–Crippen LogP) is 12.6. The van der Waals surface area contributed by atoms with Crippen LogP contribution in [-0.4, -0.2) is 80.2 Å². The first kappa shape index (κ1) is 52.6. The molecule has 25 heteroatoms. The highest BCUT2D eigenvalue weighted by atomic mass is 32.2. The van der Waals surface area contributed by atoms with E-state index < -0.39 is 30.4 Å². The van der Waals surface area contributed by atoms with Crippen LogP contribution in [0.15, 0.2) is 219 Å². The van der Waals surface area contributed by atoms with Crippen molar-refractivity contribution >= 4 is 103 Å². The van der Waals surface area contributed by atoms with Crippen molar-refractivity contribution in [1.29, 1.82) is 0 Å². The van der Waals surface area contributed by atoms with Crippen LogP contribution in [0.3, 0.4) is 0 Å². The Bertz CT molecular complexity index is 4210. The molecule has 0 aliphatic carbocycles. The van der Waals surface area contributed by atoms with Crippen molar-refractivity contribution in [2.75, 3.05) is 31.2 Å². The van der Waals surface area contributed by atoms with Crippen molar-refractivity contribution in [3.05, 3.63) is 187 Å². The SMILES string of the molecule is O=S(=O)(O)c1ccc(N=Nc2ccc(N=Nc3ccc(Cc4nc(Cc5ccc(N=Nc6ccc(N=Nc7ccccc7)c7cc(S(=O)(=O)O)ccc67)cc5)nc(N5CCOCC5)n4)cc3)c3ccc(S(=O)(=O)O)cc23)cc1. The minimum Gasteiger partial charge on any atom is -0.378 e. The summed E-state index contributed by atoms with van der Waals surface area (Å²) in [6.07, 6.45) is 0.750. The summed E-state index contributed by atoms with van der Waals surface area (Å²) in [4.78, 5) is 15.6. The van der Waals surface area contributed by atoms with Gasteiger partial charge in [-0.05, 0) is 120 Å². The topological polar surface area (TPSA) is 313 Å². The fraction of sp³-hybridized carbons (Fsp3) is 0.113. The van der Waals surface area contributed by atoms with Crippen LogP contribution in [0.2, 0.25) is 0 Å². The van der Waals surface area contributed by atoms with Gasteiger partial charge >= 0.3 is 0 Å². The Hall–Kier alpha value is -8.82. The third-order valence-electron chi connectivity index (χ3n) is 12.1. The van der Waals surface area contributed by atoms with E-state index in [-0.39, 0.29) is 31.4 Å². The second kappa shape index (κ2) is 22.4. The van der Waals surface area contributed by atoms with Gasteiger partial charge in [0.25, 0.3) is 30.4 Å². The molecule has 0 unspecified atom stereocenters. The molecule has 2 heterocycles. The van der Waals surface area contributed by atoms with Gasteiger partial charge in [0.2, 0.25) is 5.95 Å². The zero-order chi connectivity index (χ0) is 54.4. The minimum absolute atomic E-state index is 0.218. The van der Waals surface area contributed by atoms with Crippen molar-refractivity contribution in [2.24, 2.45) is 40.9 Å². The van der Waals surface area contributed by atoms with E-state index in [0.29, 0.717) is 107 Å². The standard InChI is InChI=1S/C53H42N12O10S3/c66-76(67,68)40-16-14-39(15-17-40)60-64-50-25-23-48(44-21-19-42(33-46(44)50)78(72,73)74)62-59-38-12-8-35(9-13-38)31-52-54-51(55-53(56-52)65-26-28-75-29-27-65)30-34-6-10-37(11-7-34)58-61-47-22-24-49(63-57-36-4-2-1-3-5-36)45-32-41(77(69,70)71)18-20-43(45)47/h1-25,32-33H,26-31H2,(H,66,67,68)(H,69,70,71)(H,72,73,74). The van der Waals surface area contributed by atoms with Gasteiger partial charge in [0.05, 0.1) is 73.4 Å². The molecule has 1 aliphatic rings. The number of benzene rings is 8. The molecule has 9 aromatic rings. The Kier molecular flexibility index (Phi) is 15.1. The number of anilines is 1. The molecule has 0 bridgehead atoms. The zero-order valence-electron chi connectivity index (χ0n) is 40.6. The number of morpholine rings is 1. The molecule has 1 saturated heterocycles. The van der Waals surface area contributed by atoms with Crippen molar-refractivity contribution in [1.82, 2.24) is 15.0 Å². The summed E-state index contributed by atoms with van der Waals surface area (Å²) >= 11 is 0. The highest BCUT2D eigenvalue weighted by Crippen LogP contribution is 2.39. The maximum absolute atomic E-state index is 12.1. The average molecular weight is 1100 g/mol. The zero-order valence-corrected chi connectivity index (χ0v) is 43.1. The molecular formula is C53H42N12O10S3. The summed E-state index contributed by atoms with van der Waals surface area (Å²) in [5.74, 6) is 1.64. The highest BCUT2D eigenvalue weighted by molar-refractivity contribution is 7.86. The van der Waals surface area contributed by atoms with Crippen LogP contribution in [0.1, 0.15) is 22.8 Å². The van der Waals surface area contributed by atoms with Crippen LogP contribution >= 0.6 is 0 Å². The maximum atomic E-state index is 12.1. The lowest BCUT2D eigenvalue weighted by Crippen LogP contribution is -2.37. The van der Waals surface area contributed by atoms with Crippen molar-refractivity contribution in [3.8, 4) is 0 Å². The number of azo groups is 4. The van der Waals surface area contributed by atoms with Crippen LogP contribution in [0.5, 0.6) is 0 Å². The Morgan fingerprint density at radius 2 is 0.756 bits per heavy atom. The third kappa shape index (κ3) is 12.9. The summed E-state index contributed by atoms with van der Waals surface area (Å²) in [6, 6.07) is 43.4. The van der Waals surface area contributed by atoms with Crippen LogP contribution < -0.4 is 4.90 Å². The van der Waals surface area contributed by atoms with Gasteiger partial charge in [-0.15, -0.1) is 20.5 Å². The molecule has 22 nitrogen and oxygen atoms in total. The highest BCUT2D eigenvalue weighted by Gasteiger charge is 2.19.